The van der Waals surface area contributed by atoms with Crippen LogP contribution in [0.3, 0.4) is 0 Å². The van der Waals surface area contributed by atoms with Gasteiger partial charge < -0.3 is 40.7 Å². The van der Waals surface area contributed by atoms with E-state index in [1.54, 1.807) is 39.8 Å². The highest BCUT2D eigenvalue weighted by molar-refractivity contribution is 6.01. The Morgan fingerprint density at radius 2 is 1.66 bits per heavy atom. The van der Waals surface area contributed by atoms with Crippen LogP contribution < -0.4 is 16.0 Å². The molecule has 4 aliphatic carbocycles. The average molecular weight is 859 g/mol. The second-order valence-corrected chi connectivity index (χ2v) is 20.3. The lowest BCUT2D eigenvalue weighted by atomic mass is 9.46. The van der Waals surface area contributed by atoms with Crippen LogP contribution in [0.5, 0.6) is 0 Å². The van der Waals surface area contributed by atoms with Crippen molar-refractivity contribution in [2.24, 2.45) is 63.4 Å². The van der Waals surface area contributed by atoms with Gasteiger partial charge in [0.25, 0.3) is 0 Å². The Morgan fingerprint density at radius 1 is 1.00 bits per heavy atom. The van der Waals surface area contributed by atoms with Crippen LogP contribution in [0.2, 0.25) is 0 Å². The number of cyclic esters (lactones) is 1. The molecule has 0 aromatic heterocycles. The maximum Gasteiger partial charge on any atom is 0.407 e. The standard InChI is InChI=1S/C45H72N4O10.C2H6/c1-24(2)37-45(10,56)38(28(6)48-23-25(3)21-44(9,55)36(51)26(4)19-27(5)40(53)58-37)59-41(54)47-18-17-46-39(52)33-14-13-32-31-12-11-29-20-30(50)15-16-42(29,7)35(31)34(49-57)22-43(32,33)8;1-2/h15-16,20,24-28,31-38,48,51,55-56H,11-14,17-19,21-23H2,1-10H3,(H,46,52)(H,47,54);1-2H3/t25-,26+,27-,28-,31?,32?,33-,34?,35?,36-,37-,38?,42+,43?,44-,45?;/m1./s1. The van der Waals surface area contributed by atoms with Crippen molar-refractivity contribution in [2.45, 2.75) is 170 Å². The number of carbonyl (C=O) groups is 4. The molecule has 3 saturated carbocycles. The number of carbonyl (C=O) groups excluding carboxylic acids is 4. The lowest BCUT2D eigenvalue weighted by Crippen LogP contribution is -2.62. The van der Waals surface area contributed by atoms with Crippen molar-refractivity contribution in [1.82, 2.24) is 16.0 Å². The molecule has 5 rings (SSSR count). The molecule has 0 aromatic rings. The summed E-state index contributed by atoms with van der Waals surface area (Å²) in [6, 6.07) is -1.13. The summed E-state index contributed by atoms with van der Waals surface area (Å²) in [6.07, 6.45) is 5.33. The van der Waals surface area contributed by atoms with E-state index in [-0.39, 0.29) is 73.1 Å². The van der Waals surface area contributed by atoms with E-state index in [9.17, 15) is 39.4 Å². The van der Waals surface area contributed by atoms with Gasteiger partial charge in [0.1, 0.15) is 11.7 Å². The minimum absolute atomic E-state index is 0.0194. The maximum atomic E-state index is 13.8. The number of amides is 2. The number of nitrogens with zero attached hydrogens (tertiary/aromatic N) is 1. The second kappa shape index (κ2) is 20.1. The third-order valence-electron chi connectivity index (χ3n) is 15.2. The minimum Gasteiger partial charge on any atom is -0.459 e. The minimum atomic E-state index is -1.85. The summed E-state index contributed by atoms with van der Waals surface area (Å²) in [7, 11) is 0. The van der Waals surface area contributed by atoms with Crippen molar-refractivity contribution < 1.29 is 44.0 Å². The maximum absolute atomic E-state index is 13.8. The van der Waals surface area contributed by atoms with Crippen molar-refractivity contribution in [2.75, 3.05) is 19.6 Å². The molecule has 0 bridgehead atoms. The first-order valence-corrected chi connectivity index (χ1v) is 23.0. The van der Waals surface area contributed by atoms with E-state index in [1.165, 1.54) is 6.92 Å². The van der Waals surface area contributed by atoms with Crippen LogP contribution in [0.25, 0.3) is 0 Å². The molecular formula is C47H78N4O10. The van der Waals surface area contributed by atoms with Crippen molar-refractivity contribution in [3.63, 3.8) is 0 Å². The van der Waals surface area contributed by atoms with Crippen molar-refractivity contribution in [3.05, 3.63) is 28.7 Å². The largest absolute Gasteiger partial charge is 0.459 e. The van der Waals surface area contributed by atoms with E-state index in [0.29, 0.717) is 19.4 Å². The van der Waals surface area contributed by atoms with Gasteiger partial charge in [0.15, 0.2) is 11.9 Å². The average Bonchev–Trinajstić information content (AvgIpc) is 3.55. The van der Waals surface area contributed by atoms with Gasteiger partial charge in [0.05, 0.1) is 23.7 Å². The molecular weight excluding hydrogens is 781 g/mol. The van der Waals surface area contributed by atoms with Gasteiger partial charge in [-0.25, -0.2) is 4.79 Å². The molecule has 14 nitrogen and oxygen atoms in total. The number of hydrogen-bond acceptors (Lipinski definition) is 12. The molecule has 0 radical (unpaired) electrons. The molecule has 0 spiro atoms. The van der Waals surface area contributed by atoms with E-state index < -0.39 is 76.3 Å². The first-order chi connectivity index (χ1) is 28.5. The van der Waals surface area contributed by atoms with Gasteiger partial charge in [0.2, 0.25) is 5.91 Å². The van der Waals surface area contributed by atoms with Gasteiger partial charge in [-0.2, -0.15) is 4.91 Å². The predicted octanol–water partition coefficient (Wildman–Crippen LogP) is 6.00. The molecule has 16 atom stereocenters. The summed E-state index contributed by atoms with van der Waals surface area (Å²) in [6.45, 7) is 22.7. The molecule has 346 valence electrons. The quantitative estimate of drug-likeness (QED) is 0.0992. The molecule has 14 heteroatoms. The monoisotopic (exact) mass is 859 g/mol. The van der Waals surface area contributed by atoms with E-state index in [4.69, 9.17) is 9.47 Å². The number of rotatable bonds is 7. The Balaban J connectivity index is 0.00000403. The molecule has 4 fully saturated rings. The lowest BCUT2D eigenvalue weighted by molar-refractivity contribution is -0.193. The Kier molecular flexibility index (Phi) is 16.6. The van der Waals surface area contributed by atoms with Gasteiger partial charge in [0, 0.05) is 36.4 Å². The summed E-state index contributed by atoms with van der Waals surface area (Å²) < 4.78 is 11.9. The predicted molar refractivity (Wildman–Crippen MR) is 234 cm³/mol. The number of aliphatic hydroxyl groups excluding tert-OH is 1. The smallest absolute Gasteiger partial charge is 0.407 e. The fourth-order valence-corrected chi connectivity index (χ4v) is 12.3. The number of ketones is 1. The van der Waals surface area contributed by atoms with Crippen LogP contribution in [-0.2, 0) is 23.9 Å². The Hall–Kier alpha value is -3.20. The number of allylic oxidation sites excluding steroid dienone is 4. The van der Waals surface area contributed by atoms with Gasteiger partial charge in [-0.1, -0.05) is 79.1 Å². The van der Waals surface area contributed by atoms with E-state index in [1.807, 2.05) is 40.7 Å². The summed E-state index contributed by atoms with van der Waals surface area (Å²) >= 11 is 0. The molecule has 1 saturated heterocycles. The van der Waals surface area contributed by atoms with Crippen molar-refractivity contribution >= 4 is 23.8 Å². The first-order valence-electron chi connectivity index (χ1n) is 23.0. The van der Waals surface area contributed by atoms with Crippen molar-refractivity contribution in [3.8, 4) is 0 Å². The molecule has 2 amide bonds. The number of esters is 1. The highest BCUT2D eigenvalue weighted by Gasteiger charge is 2.63. The van der Waals surface area contributed by atoms with Crippen LogP contribution in [0.15, 0.2) is 29.0 Å². The third-order valence-corrected chi connectivity index (χ3v) is 15.2. The normalized spacial score (nSPS) is 43.0. The highest BCUT2D eigenvalue weighted by atomic mass is 16.6. The molecule has 61 heavy (non-hydrogen) atoms. The third kappa shape index (κ3) is 10.6. The van der Waals surface area contributed by atoms with E-state index >= 15 is 0 Å². The number of nitroso groups, excluding NO2 is 1. The van der Waals surface area contributed by atoms with Crippen LogP contribution >= 0.6 is 0 Å². The zero-order valence-electron chi connectivity index (χ0n) is 39.0. The topological polar surface area (TPSA) is 213 Å². The molecule has 6 N–H and O–H groups in total. The Labute approximate surface area is 364 Å². The fraction of sp³-hybridized carbons (Fsp3) is 0.830. The molecule has 0 aromatic carbocycles. The van der Waals surface area contributed by atoms with E-state index in [0.717, 1.165) is 24.8 Å². The summed E-state index contributed by atoms with van der Waals surface area (Å²) in [5, 5.41) is 47.2. The SMILES string of the molecule is CC.CC(C)[C@H]1OC(=O)[C@H](C)C[C@H](C)[C@@H](O)[C@](C)(O)C[C@@H](C)CN[C@H](C)C(OC(=O)NCCNC(=O)[C@H]2CCC3C4CCC5=CC(=O)C=C[C@]5(C)C4C(N=O)CC32C)C1(C)O. The molecule has 7 unspecified atom stereocenters. The zero-order chi connectivity index (χ0) is 45.8. The summed E-state index contributed by atoms with van der Waals surface area (Å²) in [5.74, 6) is -2.21. The van der Waals surface area contributed by atoms with Crippen LogP contribution in [0.1, 0.15) is 128 Å². The van der Waals surface area contributed by atoms with Crippen molar-refractivity contribution in [1.29, 1.82) is 0 Å². The van der Waals surface area contributed by atoms with Crippen LogP contribution in [0.4, 0.5) is 4.79 Å². The summed E-state index contributed by atoms with van der Waals surface area (Å²) in [5.41, 5.74) is -3.04. The fourth-order valence-electron chi connectivity index (χ4n) is 12.3. The molecule has 1 aliphatic heterocycles. The molecule has 5 aliphatic rings. The zero-order valence-corrected chi connectivity index (χ0v) is 39.0. The van der Waals surface area contributed by atoms with Crippen LogP contribution in [-0.4, -0.2) is 100 Å². The number of alkyl carbamates (subject to hydrolysis) is 1. The number of ether oxygens (including phenoxy) is 2. The number of nitrogens with one attached hydrogen (secondary N) is 3. The van der Waals surface area contributed by atoms with Crippen LogP contribution in [0, 0.1) is 63.1 Å². The first kappa shape index (κ1) is 50.4. The Bertz CT molecular complexity index is 1650. The number of hydrogen-bond donors (Lipinski definition) is 6. The lowest BCUT2D eigenvalue weighted by Gasteiger charge is -2.58. The number of aliphatic hydroxyl groups is 3. The van der Waals surface area contributed by atoms with Gasteiger partial charge in [-0.15, -0.1) is 0 Å². The summed E-state index contributed by atoms with van der Waals surface area (Å²) in [4.78, 5) is 65.4. The van der Waals surface area contributed by atoms with Gasteiger partial charge in [-0.3, -0.25) is 14.4 Å². The Morgan fingerprint density at radius 3 is 2.30 bits per heavy atom. The van der Waals surface area contributed by atoms with Gasteiger partial charge >= 0.3 is 12.1 Å². The van der Waals surface area contributed by atoms with Gasteiger partial charge in [-0.05, 0) is 119 Å². The molecule has 1 heterocycles. The van der Waals surface area contributed by atoms with E-state index in [2.05, 4.69) is 35.0 Å². The number of fused-ring (bicyclic) bond motifs is 5. The second-order valence-electron chi connectivity index (χ2n) is 20.3. The highest BCUT2D eigenvalue weighted by Crippen LogP contribution is 2.66.